The van der Waals surface area contributed by atoms with Gasteiger partial charge in [0, 0.05) is 96.3 Å². The molecule has 4 unspecified atom stereocenters. The Labute approximate surface area is 777 Å². The molecule has 50 nitrogen and oxygen atoms in total. The van der Waals surface area contributed by atoms with Gasteiger partial charge in [-0.05, 0) is 63.6 Å². The number of H-pyrrole nitrogens is 2. The quantitative estimate of drug-likeness (QED) is 0.0119. The number of nitrogens with zero attached hydrogens (tertiary/aromatic N) is 14. The Morgan fingerprint density at radius 2 is 0.796 bits per heavy atom. The molecule has 0 spiro atoms. The minimum atomic E-state index is -5.40. The van der Waals surface area contributed by atoms with Crippen molar-refractivity contribution in [1.82, 2.24) is 57.7 Å². The van der Waals surface area contributed by atoms with Crippen LogP contribution in [0.5, 0.6) is 0 Å². The lowest BCUT2D eigenvalue weighted by atomic mass is 10.1. The van der Waals surface area contributed by atoms with Crippen LogP contribution in [0.3, 0.4) is 0 Å². The van der Waals surface area contributed by atoms with Gasteiger partial charge < -0.3 is 64.1 Å². The fraction of sp³-hybridized carbons (Fsp3) is 0.446. The van der Waals surface area contributed by atoms with Crippen LogP contribution >= 0.6 is 31.3 Å². The number of imidazole rings is 1. The Morgan fingerprint density at radius 1 is 0.438 bits per heavy atom. The fourth-order valence-electron chi connectivity index (χ4n) is 15.0. The standard InChI is InChI=1S/C83H91N19O31P4/c1-9-56-57(36-68(125-56)101-42-51(4)76(105)97-83(101)112)130-135(114,118-32-27-85-6)122-44-62-58(37-67(127-62)98-30-25-65(104)91-80(98)109)131-136(115,119-33-28-86-7)124-46-64-60(39-70(129-64)102-48-90-71-74(88-47-89-75(71)102)94-79(108)54-23-17-12-18-24-54)133-137(116,120-34-29-87-8)123-45-63-59(38-69(128-63)100-41-50(3)73(96-82(100)111)93-78(107)53-21-15-11-16-22-53)132-134(113,117-31-26-84-5)121-43-61-55(103)35-66(126-61)99-40-49(2)72(95-81(99)110)92-77(106)52-19-13-10-14-20-52/h10-25,30,40-42,47-48,55-64,66-70,103H,9,26-29,31-39,43-46H2,1-4H3,(H,91,104,109)(H,97,105,112)(H,88,89,94,108)(H,92,95,106,110)(H,93,96,107,111)/t55-,56-,57-,58-,59-,60-,61-,62-,63-,64-,66-,67-,68-,69-,70-,134?,135?,136?,137?/m1/s1. The normalized spacial score (nSPS) is 24.2. The highest BCUT2D eigenvalue weighted by molar-refractivity contribution is 7.49. The maximum atomic E-state index is 16.1. The monoisotopic (exact) mass is 1970 g/mol. The third-order valence-electron chi connectivity index (χ3n) is 21.8. The van der Waals surface area contributed by atoms with Crippen LogP contribution in [-0.2, 0) is 96.2 Å². The minimum Gasteiger partial charge on any atom is -0.390 e. The van der Waals surface area contributed by atoms with E-state index < -0.39 is 267 Å². The van der Waals surface area contributed by atoms with Gasteiger partial charge in [0.15, 0.2) is 17.0 Å². The average Bonchev–Trinajstić information content (AvgIpc) is 1.61. The average molecular weight is 1970 g/mol. The first-order valence-corrected chi connectivity index (χ1v) is 48.4. The van der Waals surface area contributed by atoms with Gasteiger partial charge in [0.05, 0.1) is 51.1 Å². The number of amides is 3. The van der Waals surface area contributed by atoms with E-state index in [1.807, 2.05) is 0 Å². The summed E-state index contributed by atoms with van der Waals surface area (Å²) >= 11 is 0. The van der Waals surface area contributed by atoms with Gasteiger partial charge in [-0.3, -0.25) is 111 Å². The summed E-state index contributed by atoms with van der Waals surface area (Å²) in [6, 6.07) is 25.2. The smallest absolute Gasteiger partial charge is 0.390 e. The van der Waals surface area contributed by atoms with Gasteiger partial charge in [0.2, 0.25) is 26.2 Å². The van der Waals surface area contributed by atoms with Crippen molar-refractivity contribution < 1.29 is 116 Å². The minimum absolute atomic E-state index is 0.00321. The third kappa shape index (κ3) is 25.3. The number of phosphoric acid groups is 4. The van der Waals surface area contributed by atoms with Gasteiger partial charge in [0.25, 0.3) is 28.8 Å². The van der Waals surface area contributed by atoms with Gasteiger partial charge in [-0.1, -0.05) is 61.5 Å². The molecule has 3 amide bonds. The lowest BCUT2D eigenvalue weighted by molar-refractivity contribution is -0.0674. The zero-order chi connectivity index (χ0) is 97.3. The molecule has 5 fully saturated rings. The molecule has 5 aliphatic rings. The zero-order valence-corrected chi connectivity index (χ0v) is 76.9. The molecule has 5 aliphatic heterocycles. The summed E-state index contributed by atoms with van der Waals surface area (Å²) in [7, 11) is -20.9. The Morgan fingerprint density at radius 3 is 1.21 bits per heavy atom. The number of fused-ring (bicyclic) bond motifs is 1. The number of carbonyl (C=O) groups is 3. The number of aromatic nitrogens is 12. The molecule has 137 heavy (non-hydrogen) atoms. The number of benzene rings is 3. The molecule has 9 aromatic rings. The number of aliphatic hydroxyl groups excluding tert-OH is 1. The van der Waals surface area contributed by atoms with E-state index in [2.05, 4.69) is 70.2 Å². The first kappa shape index (κ1) is 101. The first-order valence-electron chi connectivity index (χ1n) is 42.5. The second-order valence-electron chi connectivity index (χ2n) is 31.1. The van der Waals surface area contributed by atoms with Crippen LogP contribution in [0.2, 0.25) is 0 Å². The Balaban J connectivity index is 0.766. The summed E-state index contributed by atoms with van der Waals surface area (Å²) in [6.07, 6.45) is -16.2. The number of aryl methyl sites for hydroxylation is 3. The summed E-state index contributed by atoms with van der Waals surface area (Å²) in [6.45, 7) is 28.5. The van der Waals surface area contributed by atoms with Crippen LogP contribution in [0.1, 0.15) is 124 Å². The summed E-state index contributed by atoms with van der Waals surface area (Å²) < 4.78 is 173. The molecule has 0 bridgehead atoms. The molecule has 14 rings (SSSR count). The van der Waals surface area contributed by atoms with E-state index in [1.54, 1.807) is 92.7 Å². The van der Waals surface area contributed by atoms with E-state index in [4.69, 9.17) is 104 Å². The van der Waals surface area contributed by atoms with Gasteiger partial charge >= 0.3 is 54.0 Å². The van der Waals surface area contributed by atoms with Crippen LogP contribution in [0, 0.1) is 47.1 Å². The number of hydrogen-bond donors (Lipinski definition) is 6. The van der Waals surface area contributed by atoms with Crippen molar-refractivity contribution in [1.29, 1.82) is 0 Å². The summed E-state index contributed by atoms with van der Waals surface area (Å²) in [5.74, 6) is -2.06. The van der Waals surface area contributed by atoms with Crippen molar-refractivity contribution in [3.05, 3.63) is 276 Å². The maximum absolute atomic E-state index is 16.1. The fourth-order valence-corrected chi connectivity index (χ4v) is 20.5. The van der Waals surface area contributed by atoms with Crippen LogP contribution in [0.4, 0.5) is 17.5 Å². The van der Waals surface area contributed by atoms with E-state index in [-0.39, 0.29) is 82.2 Å². The van der Waals surface area contributed by atoms with E-state index >= 15 is 18.3 Å². The van der Waals surface area contributed by atoms with Crippen molar-refractivity contribution in [2.24, 2.45) is 0 Å². The SMILES string of the molecule is [C-]#[N+]CCOP(=O)(OC[C@H]1O[C@@H](n2cc(C)c(NC(=O)c3ccccc3)nc2=O)C[C@H]1O)O[C@@H]1C[C@H](n2cc(C)c(NC(=O)c3ccccc3)nc2=O)O[C@@H]1COP(=O)(OCC[N+]#[C-])O[C@@H]1C[C@H](n2cnc3c(NC(=O)c4ccccc4)ncnc32)O[C@@H]1COP(=O)(OCC[N+]#[C-])O[C@@H]1C[C@H](n2ccc(=O)[nH]c2=O)O[C@@H]1COP(=O)(OCC[N+]#[C-])O[C@@H]1C[C@H](n2cc(C)c(=O)[nH]c2=O)O[C@@H]1CC. The number of aromatic amines is 2. The number of carbonyl (C=O) groups excluding carboxylic acids is 3. The predicted molar refractivity (Wildman–Crippen MR) is 475 cm³/mol. The molecule has 6 N–H and O–H groups in total. The highest BCUT2D eigenvalue weighted by Gasteiger charge is 2.52. The van der Waals surface area contributed by atoms with Crippen molar-refractivity contribution in [2.45, 2.75) is 158 Å². The lowest BCUT2D eigenvalue weighted by Crippen LogP contribution is -2.33. The Bertz CT molecular complexity index is 6640. The van der Waals surface area contributed by atoms with E-state index in [1.165, 1.54) is 55.5 Å². The number of ether oxygens (including phenoxy) is 5. The first-order chi connectivity index (χ1) is 65.9. The van der Waals surface area contributed by atoms with Crippen LogP contribution in [0.25, 0.3) is 30.5 Å². The van der Waals surface area contributed by atoms with Crippen LogP contribution < -0.4 is 49.8 Å². The van der Waals surface area contributed by atoms with Crippen molar-refractivity contribution >= 4 is 77.6 Å². The summed E-state index contributed by atoms with van der Waals surface area (Å²) in [5.41, 5.74) is -3.79. The number of anilines is 3. The van der Waals surface area contributed by atoms with Crippen molar-refractivity contribution in [3.63, 3.8) is 0 Å². The molecule has 5 saturated heterocycles. The summed E-state index contributed by atoms with van der Waals surface area (Å²) in [5, 5.41) is 19.5. The molecule has 0 radical (unpaired) electrons. The topological polar surface area (TPSA) is 573 Å². The second-order valence-corrected chi connectivity index (χ2v) is 37.6. The Kier molecular flexibility index (Phi) is 33.5. The third-order valence-corrected chi connectivity index (χ3v) is 27.7. The Hall–Kier alpha value is -12.1. The molecule has 11 heterocycles. The molecule has 0 saturated carbocycles. The number of nitrogens with one attached hydrogen (secondary N) is 5. The second kappa shape index (κ2) is 45.5. The highest BCUT2D eigenvalue weighted by atomic mass is 31.2. The molecular weight excluding hydrogens is 1880 g/mol. The van der Waals surface area contributed by atoms with Crippen molar-refractivity contribution in [3.8, 4) is 0 Å². The van der Waals surface area contributed by atoms with Gasteiger partial charge in [-0.15, -0.1) is 0 Å². The van der Waals surface area contributed by atoms with Gasteiger partial charge in [-0.2, -0.15) is 9.97 Å². The van der Waals surface area contributed by atoms with Crippen LogP contribution in [-0.4, -0.2) is 221 Å². The van der Waals surface area contributed by atoms with Gasteiger partial charge in [-0.25, -0.2) is 78.7 Å². The zero-order valence-electron chi connectivity index (χ0n) is 73.3. The number of hydrogen-bond acceptors (Lipinski definition) is 36. The summed E-state index contributed by atoms with van der Waals surface area (Å²) in [4.78, 5) is 159. The van der Waals surface area contributed by atoms with Crippen molar-refractivity contribution in [2.75, 3.05) is 95.0 Å². The molecule has 54 heteroatoms. The van der Waals surface area contributed by atoms with Crippen LogP contribution in [0.15, 0.2) is 163 Å². The van der Waals surface area contributed by atoms with E-state index in [0.717, 1.165) is 36.9 Å². The molecule has 724 valence electrons. The molecule has 0 aliphatic carbocycles. The lowest BCUT2D eigenvalue weighted by Gasteiger charge is -2.28. The largest absolute Gasteiger partial charge is 0.475 e. The molecule has 19 atom stereocenters. The van der Waals surface area contributed by atoms with E-state index in [0.29, 0.717) is 5.56 Å². The highest BCUT2D eigenvalue weighted by Crippen LogP contribution is 2.60. The maximum Gasteiger partial charge on any atom is 0.475 e. The molecule has 3 aromatic carbocycles. The number of aliphatic hydroxyl groups is 1. The van der Waals surface area contributed by atoms with E-state index in [9.17, 15) is 48.3 Å². The molecular formula is C83H91N19O31P4. The molecule has 6 aromatic heterocycles. The predicted octanol–water partition coefficient (Wildman–Crippen LogP) is 8.11. The van der Waals surface area contributed by atoms with Gasteiger partial charge in [0.1, 0.15) is 118 Å². The number of phosphoric ester groups is 4. The number of rotatable bonds is 44.